The molecule has 0 amide bonds. The Morgan fingerprint density at radius 2 is 1.58 bits per heavy atom. The maximum absolute atomic E-state index is 12.9. The molecule has 4 atom stereocenters. The number of nitrogens with zero attached hydrogens (tertiary/aromatic N) is 3. The number of nitrogens with two attached hydrogens (primary N) is 1. The van der Waals surface area contributed by atoms with Crippen molar-refractivity contribution in [3.63, 3.8) is 0 Å². The van der Waals surface area contributed by atoms with Crippen molar-refractivity contribution < 1.29 is 26.2 Å². The van der Waals surface area contributed by atoms with E-state index in [0.29, 0.717) is 0 Å². The molecule has 1 aromatic heterocycles. The van der Waals surface area contributed by atoms with Crippen LogP contribution < -0.4 is 11.1 Å². The maximum atomic E-state index is 12.9. The van der Waals surface area contributed by atoms with Gasteiger partial charge in [0.25, 0.3) is 10.1 Å². The van der Waals surface area contributed by atoms with Crippen LogP contribution in [0.15, 0.2) is 17.3 Å². The minimum absolute atomic E-state index is 0.0538. The summed E-state index contributed by atoms with van der Waals surface area (Å²) in [5.74, 6) is 0. The first kappa shape index (κ1) is 31.6. The zero-order chi connectivity index (χ0) is 29.3. The Hall–Kier alpha value is -0.879. The summed E-state index contributed by atoms with van der Waals surface area (Å²) >= 11 is 0. The molecule has 0 aliphatic carbocycles. The quantitative estimate of drug-likeness (QED) is 0.362. The van der Waals surface area contributed by atoms with Gasteiger partial charge in [0.15, 0.2) is 28.5 Å². The number of hydrogen-bond acceptors (Lipinski definition) is 9. The SMILES string of the molecule is CC(C)(C)[Si](C)(C)OCC1OC(n2cc([Si](C)(C)C)nn2)C(O[Si](C)(C)C(C)(C)C)C12OS(=O)(=O)C=C2N. The molecular formula is C24H48N4O6SSi3. The zero-order valence-electron chi connectivity index (χ0n) is 25.4. The summed E-state index contributed by atoms with van der Waals surface area (Å²) < 4.78 is 53.3. The van der Waals surface area contributed by atoms with E-state index in [1.807, 2.05) is 6.20 Å². The van der Waals surface area contributed by atoms with Crippen LogP contribution >= 0.6 is 0 Å². The normalized spacial score (nSPS) is 28.8. The van der Waals surface area contributed by atoms with Crippen LogP contribution in [-0.4, -0.2) is 72.5 Å². The van der Waals surface area contributed by atoms with Crippen LogP contribution in [0, 0.1) is 0 Å². The zero-order valence-corrected chi connectivity index (χ0v) is 29.2. The van der Waals surface area contributed by atoms with Gasteiger partial charge < -0.3 is 19.3 Å². The Labute approximate surface area is 232 Å². The Morgan fingerprint density at radius 3 is 2.00 bits per heavy atom. The Kier molecular flexibility index (Phi) is 8.00. The Bertz CT molecular complexity index is 1180. The monoisotopic (exact) mass is 604 g/mol. The molecule has 3 rings (SSSR count). The van der Waals surface area contributed by atoms with Gasteiger partial charge in [-0.15, -0.1) is 5.10 Å². The predicted molar refractivity (Wildman–Crippen MR) is 157 cm³/mol. The lowest BCUT2D eigenvalue weighted by Gasteiger charge is -2.43. The van der Waals surface area contributed by atoms with Gasteiger partial charge in [-0.2, -0.15) is 8.42 Å². The highest BCUT2D eigenvalue weighted by molar-refractivity contribution is 7.90. The summed E-state index contributed by atoms with van der Waals surface area (Å²) in [5.41, 5.74) is 4.99. The molecule has 0 bridgehead atoms. The second kappa shape index (κ2) is 9.60. The second-order valence-electron chi connectivity index (χ2n) is 14.7. The van der Waals surface area contributed by atoms with E-state index >= 15 is 0 Å². The lowest BCUT2D eigenvalue weighted by atomic mass is 9.89. The first-order valence-electron chi connectivity index (χ1n) is 13.2. The Balaban J connectivity index is 2.17. The molecule has 2 aliphatic heterocycles. The highest BCUT2D eigenvalue weighted by atomic mass is 32.2. The molecule has 218 valence electrons. The van der Waals surface area contributed by atoms with E-state index in [-0.39, 0.29) is 22.4 Å². The smallest absolute Gasteiger partial charge is 0.292 e. The van der Waals surface area contributed by atoms with Gasteiger partial charge in [0, 0.05) is 6.20 Å². The molecule has 38 heavy (non-hydrogen) atoms. The molecule has 1 aromatic rings. The fraction of sp³-hybridized carbons (Fsp3) is 0.833. The van der Waals surface area contributed by atoms with Crippen LogP contribution in [0.3, 0.4) is 0 Å². The van der Waals surface area contributed by atoms with Crippen LogP contribution in [0.5, 0.6) is 0 Å². The van der Waals surface area contributed by atoms with Crippen LogP contribution in [0.4, 0.5) is 0 Å². The standard InChI is InChI=1S/C24H48N4O6SSi3/c1-22(2,3)37(10,11)31-15-18-24(17(25)16-35(29,30)34-24)20(33-38(12,13)23(4,5)6)21(32-18)28-14-19(26-27-28)36(7,8)9/h14,16,18,20-21H,15,25H2,1-13H3. The van der Waals surface area contributed by atoms with Gasteiger partial charge in [-0.3, -0.25) is 0 Å². The average Bonchev–Trinajstić information content (AvgIpc) is 3.34. The summed E-state index contributed by atoms with van der Waals surface area (Å²) in [4.78, 5) is 0. The Morgan fingerprint density at radius 1 is 1.03 bits per heavy atom. The number of rotatable bonds is 7. The van der Waals surface area contributed by atoms with E-state index in [1.54, 1.807) is 4.68 Å². The lowest BCUT2D eigenvalue weighted by molar-refractivity contribution is -0.0595. The third-order valence-electron chi connectivity index (χ3n) is 8.61. The topological polar surface area (TPSA) is 128 Å². The van der Waals surface area contributed by atoms with Crippen LogP contribution in [-0.2, 0) is 27.9 Å². The van der Waals surface area contributed by atoms with Gasteiger partial charge >= 0.3 is 0 Å². The van der Waals surface area contributed by atoms with E-state index in [1.165, 1.54) is 0 Å². The van der Waals surface area contributed by atoms with Crippen molar-refractivity contribution in [1.82, 2.24) is 15.0 Å². The molecule has 1 spiro atoms. The van der Waals surface area contributed by atoms with Crippen molar-refractivity contribution in [2.75, 3.05) is 6.61 Å². The van der Waals surface area contributed by atoms with Crippen molar-refractivity contribution >= 4 is 40.1 Å². The number of hydrogen-bond donors (Lipinski definition) is 1. The van der Waals surface area contributed by atoms with Gasteiger partial charge in [-0.05, 0) is 36.3 Å². The summed E-state index contributed by atoms with van der Waals surface area (Å²) in [7, 11) is -10.6. The van der Waals surface area contributed by atoms with Crippen molar-refractivity contribution in [2.24, 2.45) is 5.73 Å². The molecule has 0 saturated carbocycles. The molecule has 0 radical (unpaired) electrons. The third kappa shape index (κ3) is 5.78. The predicted octanol–water partition coefficient (Wildman–Crippen LogP) is 4.03. The first-order valence-corrected chi connectivity index (χ1v) is 24.0. The van der Waals surface area contributed by atoms with E-state index < -0.39 is 58.9 Å². The second-order valence-corrected chi connectivity index (χ2v) is 30.6. The summed E-state index contributed by atoms with van der Waals surface area (Å²) in [6, 6.07) is 0. The van der Waals surface area contributed by atoms with E-state index in [0.717, 1.165) is 10.7 Å². The minimum atomic E-state index is -4.06. The summed E-state index contributed by atoms with van der Waals surface area (Å²) in [6.07, 6.45) is -0.659. The van der Waals surface area contributed by atoms with Crippen LogP contribution in [0.1, 0.15) is 47.8 Å². The van der Waals surface area contributed by atoms with Gasteiger partial charge in [-0.25, -0.2) is 8.86 Å². The van der Waals surface area contributed by atoms with Crippen molar-refractivity contribution in [3.05, 3.63) is 17.3 Å². The molecule has 1 saturated heterocycles. The highest BCUT2D eigenvalue weighted by Crippen LogP contribution is 2.52. The summed E-state index contributed by atoms with van der Waals surface area (Å²) in [6.45, 7) is 28.0. The molecule has 14 heteroatoms. The van der Waals surface area contributed by atoms with E-state index in [2.05, 4.69) is 97.7 Å². The van der Waals surface area contributed by atoms with Gasteiger partial charge in [-0.1, -0.05) is 66.4 Å². The molecule has 10 nitrogen and oxygen atoms in total. The van der Waals surface area contributed by atoms with Crippen molar-refractivity contribution in [3.8, 4) is 0 Å². The largest absolute Gasteiger partial charge is 0.414 e. The maximum Gasteiger partial charge on any atom is 0.292 e. The average molecular weight is 605 g/mol. The molecule has 2 aliphatic rings. The third-order valence-corrected chi connectivity index (χ3v) is 20.4. The van der Waals surface area contributed by atoms with E-state index in [4.69, 9.17) is 23.5 Å². The van der Waals surface area contributed by atoms with Gasteiger partial charge in [0.1, 0.15) is 20.3 Å². The first-order chi connectivity index (χ1) is 16.8. The molecular weight excluding hydrogens is 557 g/mol. The minimum Gasteiger partial charge on any atom is -0.414 e. The van der Waals surface area contributed by atoms with Gasteiger partial charge in [0.05, 0.1) is 23.0 Å². The molecule has 4 unspecified atom stereocenters. The van der Waals surface area contributed by atoms with Crippen molar-refractivity contribution in [2.45, 2.75) is 121 Å². The van der Waals surface area contributed by atoms with Crippen LogP contribution in [0.25, 0.3) is 0 Å². The molecule has 3 heterocycles. The fourth-order valence-corrected chi connectivity index (χ4v) is 8.32. The molecule has 0 aromatic carbocycles. The number of ether oxygens (including phenoxy) is 1. The molecule has 2 N–H and O–H groups in total. The van der Waals surface area contributed by atoms with E-state index in [9.17, 15) is 8.42 Å². The number of aromatic nitrogens is 3. The highest BCUT2D eigenvalue weighted by Gasteiger charge is 2.67. The molecule has 1 fully saturated rings. The fourth-order valence-electron chi connectivity index (χ4n) is 3.95. The lowest BCUT2D eigenvalue weighted by Crippen LogP contribution is -2.59. The van der Waals surface area contributed by atoms with Gasteiger partial charge in [0.2, 0.25) is 0 Å². The van der Waals surface area contributed by atoms with Crippen LogP contribution in [0.2, 0.25) is 55.9 Å². The van der Waals surface area contributed by atoms with Crippen molar-refractivity contribution in [1.29, 1.82) is 0 Å². The summed E-state index contributed by atoms with van der Waals surface area (Å²) in [5, 5.41) is 10.5.